The molecule has 0 spiro atoms. The highest BCUT2D eigenvalue weighted by molar-refractivity contribution is 7.26. The van der Waals surface area contributed by atoms with Gasteiger partial charge in [0.15, 0.2) is 0 Å². The highest BCUT2D eigenvalue weighted by Crippen LogP contribution is 2.41. The van der Waals surface area contributed by atoms with Crippen molar-refractivity contribution in [1.29, 1.82) is 0 Å². The van der Waals surface area contributed by atoms with Gasteiger partial charge in [0.05, 0.1) is 16.6 Å². The fourth-order valence-corrected chi connectivity index (χ4v) is 7.75. The summed E-state index contributed by atoms with van der Waals surface area (Å²) in [5, 5.41) is 6.44. The fourth-order valence-electron chi connectivity index (χ4n) is 6.51. The number of nitrogens with zero attached hydrogens (tertiary/aromatic N) is 2. The molecule has 0 atom stereocenters. The van der Waals surface area contributed by atoms with Crippen molar-refractivity contribution in [3.05, 3.63) is 146 Å². The Balaban J connectivity index is 1.26. The average Bonchev–Trinajstić information content (AvgIpc) is 3.73. The highest BCUT2D eigenvalue weighted by atomic mass is 32.1. The molecule has 0 bridgehead atoms. The summed E-state index contributed by atoms with van der Waals surface area (Å²) in [6.07, 6.45) is 2.21. The zero-order valence-electron chi connectivity index (χ0n) is 22.2. The Morgan fingerprint density at radius 1 is 0.463 bits per heavy atom. The number of hydrogen-bond acceptors (Lipinski definition) is 1. The van der Waals surface area contributed by atoms with Crippen LogP contribution in [-0.4, -0.2) is 9.13 Å². The average molecular weight is 541 g/mol. The van der Waals surface area contributed by atoms with Crippen molar-refractivity contribution in [2.45, 2.75) is 0 Å². The normalized spacial score (nSPS) is 11.9. The van der Waals surface area contributed by atoms with Crippen LogP contribution in [0.5, 0.6) is 0 Å². The van der Waals surface area contributed by atoms with E-state index in [4.69, 9.17) is 0 Å². The smallest absolute Gasteiger partial charge is 0.0788 e. The Kier molecular flexibility index (Phi) is 4.80. The number of benzene rings is 6. The van der Waals surface area contributed by atoms with Gasteiger partial charge in [-0.2, -0.15) is 0 Å². The lowest BCUT2D eigenvalue weighted by molar-refractivity contribution is 1.12. The number of hydrogen-bond donors (Lipinski definition) is 0. The van der Waals surface area contributed by atoms with E-state index in [1.54, 1.807) is 0 Å². The molecule has 2 nitrogen and oxygen atoms in total. The van der Waals surface area contributed by atoms with Gasteiger partial charge in [-0.1, -0.05) is 97.1 Å². The van der Waals surface area contributed by atoms with Gasteiger partial charge in [0, 0.05) is 53.9 Å². The van der Waals surface area contributed by atoms with Crippen LogP contribution in [0.3, 0.4) is 0 Å². The molecular formula is C38H24N2S. The van der Waals surface area contributed by atoms with E-state index >= 15 is 0 Å². The standard InChI is InChI=1S/C38H24N2S/c1-2-9-28(10-3-1)40-34-15-6-4-11-30(34)32-22-19-26-23-24-39(36(26)37(32)40)27-20-17-25(18-21-27)29-13-8-14-33-31-12-5-7-16-35(31)41-38(29)33/h1-24H. The first-order valence-electron chi connectivity index (χ1n) is 13.9. The third-order valence-electron chi connectivity index (χ3n) is 8.36. The summed E-state index contributed by atoms with van der Waals surface area (Å²) in [5.41, 5.74) is 8.54. The molecule has 192 valence electrons. The van der Waals surface area contributed by atoms with Gasteiger partial charge in [-0.25, -0.2) is 0 Å². The van der Waals surface area contributed by atoms with Crippen LogP contribution in [0.2, 0.25) is 0 Å². The number of thiophene rings is 1. The van der Waals surface area contributed by atoms with Crippen LogP contribution in [0, 0.1) is 0 Å². The molecule has 9 rings (SSSR count). The molecule has 6 aromatic carbocycles. The number of rotatable bonds is 3. The van der Waals surface area contributed by atoms with Gasteiger partial charge in [0.25, 0.3) is 0 Å². The van der Waals surface area contributed by atoms with Crippen molar-refractivity contribution in [2.75, 3.05) is 0 Å². The van der Waals surface area contributed by atoms with Crippen LogP contribution in [0.15, 0.2) is 146 Å². The lowest BCUT2D eigenvalue weighted by atomic mass is 10.0. The topological polar surface area (TPSA) is 9.86 Å². The Morgan fingerprint density at radius 3 is 2.10 bits per heavy atom. The van der Waals surface area contributed by atoms with Gasteiger partial charge in [-0.05, 0) is 53.6 Å². The Hall–Kier alpha value is -5.12. The molecule has 0 radical (unpaired) electrons. The zero-order chi connectivity index (χ0) is 26.9. The Morgan fingerprint density at radius 2 is 1.22 bits per heavy atom. The first kappa shape index (κ1) is 22.7. The lowest BCUT2D eigenvalue weighted by Gasteiger charge is -2.12. The summed E-state index contributed by atoms with van der Waals surface area (Å²) in [7, 11) is 0. The van der Waals surface area contributed by atoms with Gasteiger partial charge < -0.3 is 9.13 Å². The number of aromatic nitrogens is 2. The van der Waals surface area contributed by atoms with E-state index < -0.39 is 0 Å². The van der Waals surface area contributed by atoms with Gasteiger partial charge >= 0.3 is 0 Å². The summed E-state index contributed by atoms with van der Waals surface area (Å²) in [6.45, 7) is 0. The minimum absolute atomic E-state index is 1.16. The largest absolute Gasteiger partial charge is 0.315 e. The van der Waals surface area contributed by atoms with E-state index in [0.29, 0.717) is 0 Å². The molecule has 41 heavy (non-hydrogen) atoms. The predicted octanol–water partition coefficient (Wildman–Crippen LogP) is 10.8. The number of fused-ring (bicyclic) bond motifs is 8. The molecule has 0 saturated carbocycles. The van der Waals surface area contributed by atoms with Gasteiger partial charge in [-0.15, -0.1) is 11.3 Å². The summed E-state index contributed by atoms with van der Waals surface area (Å²) in [4.78, 5) is 0. The van der Waals surface area contributed by atoms with Gasteiger partial charge in [0.2, 0.25) is 0 Å². The molecule has 0 aliphatic rings. The molecule has 0 amide bonds. The molecular weight excluding hydrogens is 516 g/mol. The van der Waals surface area contributed by atoms with Crippen molar-refractivity contribution in [3.8, 4) is 22.5 Å². The van der Waals surface area contributed by atoms with Crippen LogP contribution in [0.1, 0.15) is 0 Å². The van der Waals surface area contributed by atoms with E-state index in [2.05, 4.69) is 155 Å². The maximum absolute atomic E-state index is 2.42. The van der Waals surface area contributed by atoms with Crippen LogP contribution in [0.25, 0.3) is 75.4 Å². The molecule has 9 aromatic rings. The van der Waals surface area contributed by atoms with Crippen molar-refractivity contribution in [1.82, 2.24) is 9.13 Å². The van der Waals surface area contributed by atoms with Crippen LogP contribution >= 0.6 is 11.3 Å². The van der Waals surface area contributed by atoms with Crippen molar-refractivity contribution >= 4 is 64.2 Å². The maximum atomic E-state index is 2.42. The molecule has 0 aliphatic carbocycles. The van der Waals surface area contributed by atoms with E-state index in [0.717, 1.165) is 5.69 Å². The Labute approximate surface area is 240 Å². The molecule has 0 saturated heterocycles. The second kappa shape index (κ2) is 8.69. The second-order valence-electron chi connectivity index (χ2n) is 10.6. The predicted molar refractivity (Wildman–Crippen MR) is 176 cm³/mol. The van der Waals surface area contributed by atoms with Crippen LogP contribution in [-0.2, 0) is 0 Å². The SMILES string of the molecule is c1ccc(-n2c3ccccc3c3ccc4ccn(-c5ccc(-c6cccc7c6sc6ccccc67)cc5)c4c32)cc1. The molecule has 0 aliphatic heterocycles. The van der Waals surface area contributed by atoms with Crippen molar-refractivity contribution in [2.24, 2.45) is 0 Å². The number of para-hydroxylation sites is 2. The molecule has 0 N–H and O–H groups in total. The molecule has 3 aromatic heterocycles. The highest BCUT2D eigenvalue weighted by Gasteiger charge is 2.18. The molecule has 3 heteroatoms. The van der Waals surface area contributed by atoms with Gasteiger partial charge in [-0.3, -0.25) is 0 Å². The monoisotopic (exact) mass is 540 g/mol. The molecule has 0 fully saturated rings. The summed E-state index contributed by atoms with van der Waals surface area (Å²) in [6, 6.07) is 50.6. The Bertz CT molecular complexity index is 2400. The minimum atomic E-state index is 1.16. The van der Waals surface area contributed by atoms with E-state index in [-0.39, 0.29) is 0 Å². The van der Waals surface area contributed by atoms with Crippen molar-refractivity contribution < 1.29 is 0 Å². The second-order valence-corrected chi connectivity index (χ2v) is 11.7. The van der Waals surface area contributed by atoms with Gasteiger partial charge in [0.1, 0.15) is 0 Å². The lowest BCUT2D eigenvalue weighted by Crippen LogP contribution is -1.97. The third kappa shape index (κ3) is 3.30. The van der Waals surface area contributed by atoms with Crippen molar-refractivity contribution in [3.63, 3.8) is 0 Å². The fraction of sp³-hybridized carbons (Fsp3) is 0. The quantitative estimate of drug-likeness (QED) is 0.211. The van der Waals surface area contributed by atoms with E-state index in [1.807, 2.05) is 11.3 Å². The summed E-state index contributed by atoms with van der Waals surface area (Å²) >= 11 is 1.88. The first-order valence-corrected chi connectivity index (χ1v) is 14.8. The summed E-state index contributed by atoms with van der Waals surface area (Å²) < 4.78 is 7.45. The minimum Gasteiger partial charge on any atom is -0.315 e. The zero-order valence-corrected chi connectivity index (χ0v) is 23.0. The maximum Gasteiger partial charge on any atom is 0.0788 e. The third-order valence-corrected chi connectivity index (χ3v) is 9.58. The van der Waals surface area contributed by atoms with Crippen LogP contribution in [0.4, 0.5) is 0 Å². The first-order chi connectivity index (χ1) is 20.3. The van der Waals surface area contributed by atoms with Crippen LogP contribution < -0.4 is 0 Å². The van der Waals surface area contributed by atoms with E-state index in [1.165, 1.54) is 69.7 Å². The molecule has 3 heterocycles. The molecule has 0 unspecified atom stereocenters. The summed E-state index contributed by atoms with van der Waals surface area (Å²) in [5.74, 6) is 0. The van der Waals surface area contributed by atoms with E-state index in [9.17, 15) is 0 Å².